The third-order valence-electron chi connectivity index (χ3n) is 3.37. The van der Waals surface area contributed by atoms with E-state index in [1.165, 1.54) is 5.56 Å². The number of benzene rings is 1. The molecular formula is C16H24N2O. The molecule has 1 aliphatic rings. The molecule has 0 heterocycles. The fourth-order valence-electron chi connectivity index (χ4n) is 1.94. The molecule has 0 aliphatic heterocycles. The lowest BCUT2D eigenvalue weighted by molar-refractivity contribution is -0.120. The minimum absolute atomic E-state index is 0.154. The first-order valence-electron chi connectivity index (χ1n) is 7.09. The van der Waals surface area contributed by atoms with Gasteiger partial charge in [0.05, 0.1) is 0 Å². The van der Waals surface area contributed by atoms with Crippen LogP contribution in [0.4, 0.5) is 5.69 Å². The van der Waals surface area contributed by atoms with E-state index in [0.717, 1.165) is 18.5 Å². The van der Waals surface area contributed by atoms with Crippen molar-refractivity contribution in [2.45, 2.75) is 51.5 Å². The molecule has 3 heteroatoms. The van der Waals surface area contributed by atoms with Crippen LogP contribution in [0.15, 0.2) is 24.3 Å². The summed E-state index contributed by atoms with van der Waals surface area (Å²) in [5, 5.41) is 6.28. The Morgan fingerprint density at radius 3 is 2.37 bits per heavy atom. The van der Waals surface area contributed by atoms with Gasteiger partial charge in [0.25, 0.3) is 0 Å². The molecule has 19 heavy (non-hydrogen) atoms. The molecule has 2 rings (SSSR count). The van der Waals surface area contributed by atoms with E-state index in [2.05, 4.69) is 55.7 Å². The van der Waals surface area contributed by atoms with Gasteiger partial charge in [0.15, 0.2) is 0 Å². The van der Waals surface area contributed by atoms with Crippen LogP contribution in [0.3, 0.4) is 0 Å². The first kappa shape index (κ1) is 13.9. The number of anilines is 1. The smallest absolute Gasteiger partial charge is 0.221 e. The van der Waals surface area contributed by atoms with Crippen LogP contribution >= 0.6 is 0 Å². The Labute approximate surface area is 115 Å². The molecule has 1 saturated carbocycles. The standard InChI is InChI=1S/C16H24N2O/c1-16(2,3)12-4-6-13(7-5-12)17-11-10-15(19)18-14-8-9-14/h4-7,14,17H,8-11H2,1-3H3,(H,18,19). The third-order valence-corrected chi connectivity index (χ3v) is 3.37. The van der Waals surface area contributed by atoms with Crippen LogP contribution in [-0.2, 0) is 10.2 Å². The van der Waals surface area contributed by atoms with Crippen LogP contribution in [-0.4, -0.2) is 18.5 Å². The highest BCUT2D eigenvalue weighted by Crippen LogP contribution is 2.23. The van der Waals surface area contributed by atoms with Crippen molar-refractivity contribution in [3.63, 3.8) is 0 Å². The molecule has 0 unspecified atom stereocenters. The maximum Gasteiger partial charge on any atom is 0.221 e. The Kier molecular flexibility index (Phi) is 4.13. The lowest BCUT2D eigenvalue weighted by Gasteiger charge is -2.19. The Hall–Kier alpha value is -1.51. The maximum absolute atomic E-state index is 11.5. The van der Waals surface area contributed by atoms with Crippen molar-refractivity contribution in [1.82, 2.24) is 5.32 Å². The molecule has 0 atom stereocenters. The van der Waals surface area contributed by atoms with Crippen LogP contribution in [0, 0.1) is 0 Å². The second-order valence-electron chi connectivity index (χ2n) is 6.35. The molecule has 0 bridgehead atoms. The largest absolute Gasteiger partial charge is 0.385 e. The van der Waals surface area contributed by atoms with Gasteiger partial charge in [0, 0.05) is 24.7 Å². The van der Waals surface area contributed by atoms with Gasteiger partial charge in [-0.15, -0.1) is 0 Å². The predicted octanol–water partition coefficient (Wildman–Crippen LogP) is 3.06. The second kappa shape index (κ2) is 5.64. The first-order chi connectivity index (χ1) is 8.95. The van der Waals surface area contributed by atoms with Gasteiger partial charge in [0.1, 0.15) is 0 Å². The van der Waals surface area contributed by atoms with E-state index in [4.69, 9.17) is 0 Å². The topological polar surface area (TPSA) is 41.1 Å². The Morgan fingerprint density at radius 1 is 1.21 bits per heavy atom. The van der Waals surface area contributed by atoms with E-state index in [9.17, 15) is 4.79 Å². The van der Waals surface area contributed by atoms with Gasteiger partial charge in [-0.1, -0.05) is 32.9 Å². The van der Waals surface area contributed by atoms with Crippen LogP contribution in [0.2, 0.25) is 0 Å². The second-order valence-corrected chi connectivity index (χ2v) is 6.35. The van der Waals surface area contributed by atoms with E-state index in [0.29, 0.717) is 19.0 Å². The molecule has 1 amide bonds. The quantitative estimate of drug-likeness (QED) is 0.854. The summed E-state index contributed by atoms with van der Waals surface area (Å²) in [4.78, 5) is 11.5. The summed E-state index contributed by atoms with van der Waals surface area (Å²) >= 11 is 0. The zero-order valence-corrected chi connectivity index (χ0v) is 12.1. The summed E-state index contributed by atoms with van der Waals surface area (Å²) in [5.74, 6) is 0.154. The number of amides is 1. The highest BCUT2D eigenvalue weighted by molar-refractivity contribution is 5.77. The molecule has 3 nitrogen and oxygen atoms in total. The van der Waals surface area contributed by atoms with E-state index >= 15 is 0 Å². The minimum Gasteiger partial charge on any atom is -0.385 e. The summed E-state index contributed by atoms with van der Waals surface area (Å²) in [6.07, 6.45) is 2.83. The minimum atomic E-state index is 0.154. The van der Waals surface area contributed by atoms with Gasteiger partial charge in [-0.2, -0.15) is 0 Å². The molecule has 1 fully saturated rings. The normalized spacial score (nSPS) is 15.1. The molecular weight excluding hydrogens is 236 g/mol. The maximum atomic E-state index is 11.5. The lowest BCUT2D eigenvalue weighted by atomic mass is 9.87. The molecule has 0 aromatic heterocycles. The van der Waals surface area contributed by atoms with Gasteiger partial charge in [-0.05, 0) is 36.0 Å². The lowest BCUT2D eigenvalue weighted by Crippen LogP contribution is -2.27. The van der Waals surface area contributed by atoms with E-state index < -0.39 is 0 Å². The SMILES string of the molecule is CC(C)(C)c1ccc(NCCC(=O)NC2CC2)cc1. The van der Waals surface area contributed by atoms with E-state index in [-0.39, 0.29) is 11.3 Å². The number of carbonyl (C=O) groups excluding carboxylic acids is 1. The van der Waals surface area contributed by atoms with Crippen molar-refractivity contribution in [3.05, 3.63) is 29.8 Å². The molecule has 0 saturated heterocycles. The number of hydrogen-bond donors (Lipinski definition) is 2. The molecule has 2 N–H and O–H groups in total. The highest BCUT2D eigenvalue weighted by atomic mass is 16.1. The monoisotopic (exact) mass is 260 g/mol. The van der Waals surface area contributed by atoms with E-state index in [1.807, 2.05) is 0 Å². The third kappa shape index (κ3) is 4.58. The van der Waals surface area contributed by atoms with Crippen molar-refractivity contribution in [3.8, 4) is 0 Å². The van der Waals surface area contributed by atoms with Crippen LogP contribution < -0.4 is 10.6 Å². The first-order valence-corrected chi connectivity index (χ1v) is 7.09. The Morgan fingerprint density at radius 2 is 1.84 bits per heavy atom. The number of rotatable bonds is 5. The summed E-state index contributed by atoms with van der Waals surface area (Å²) in [7, 11) is 0. The highest BCUT2D eigenvalue weighted by Gasteiger charge is 2.22. The van der Waals surface area contributed by atoms with Crippen molar-refractivity contribution in [1.29, 1.82) is 0 Å². The predicted molar refractivity (Wildman–Crippen MR) is 79.4 cm³/mol. The molecule has 104 valence electrons. The molecule has 0 radical (unpaired) electrons. The molecule has 1 aromatic rings. The van der Waals surface area contributed by atoms with Crippen LogP contribution in [0.1, 0.15) is 45.6 Å². The fraction of sp³-hybridized carbons (Fsp3) is 0.562. The molecule has 1 aliphatic carbocycles. The number of nitrogens with one attached hydrogen (secondary N) is 2. The fourth-order valence-corrected chi connectivity index (χ4v) is 1.94. The average molecular weight is 260 g/mol. The van der Waals surface area contributed by atoms with E-state index in [1.54, 1.807) is 0 Å². The van der Waals surface area contributed by atoms with Crippen LogP contribution in [0.25, 0.3) is 0 Å². The van der Waals surface area contributed by atoms with Crippen molar-refractivity contribution in [2.24, 2.45) is 0 Å². The van der Waals surface area contributed by atoms with Gasteiger partial charge < -0.3 is 10.6 Å². The van der Waals surface area contributed by atoms with Crippen molar-refractivity contribution in [2.75, 3.05) is 11.9 Å². The Balaban J connectivity index is 1.74. The zero-order chi connectivity index (χ0) is 13.9. The summed E-state index contributed by atoms with van der Waals surface area (Å²) in [6.45, 7) is 7.31. The molecule has 1 aromatic carbocycles. The number of hydrogen-bond acceptors (Lipinski definition) is 2. The van der Waals surface area contributed by atoms with Crippen LogP contribution in [0.5, 0.6) is 0 Å². The van der Waals surface area contributed by atoms with Gasteiger partial charge in [0.2, 0.25) is 5.91 Å². The number of carbonyl (C=O) groups is 1. The van der Waals surface area contributed by atoms with Crippen molar-refractivity contribution < 1.29 is 4.79 Å². The van der Waals surface area contributed by atoms with Gasteiger partial charge in [-0.3, -0.25) is 4.79 Å². The van der Waals surface area contributed by atoms with Gasteiger partial charge >= 0.3 is 0 Å². The molecule has 0 spiro atoms. The Bertz CT molecular complexity index is 427. The van der Waals surface area contributed by atoms with Crippen molar-refractivity contribution >= 4 is 11.6 Å². The summed E-state index contributed by atoms with van der Waals surface area (Å²) in [5.41, 5.74) is 2.58. The summed E-state index contributed by atoms with van der Waals surface area (Å²) < 4.78 is 0. The zero-order valence-electron chi connectivity index (χ0n) is 12.1. The average Bonchev–Trinajstić information content (AvgIpc) is 3.12. The van der Waals surface area contributed by atoms with Gasteiger partial charge in [-0.25, -0.2) is 0 Å². The summed E-state index contributed by atoms with van der Waals surface area (Å²) in [6, 6.07) is 8.91.